The largest absolute Gasteiger partial charge is 0.506 e. The highest BCUT2D eigenvalue weighted by molar-refractivity contribution is 6.09. The molecule has 178 valence electrons. The summed E-state index contributed by atoms with van der Waals surface area (Å²) in [5.41, 5.74) is 1.92. The highest BCUT2D eigenvalue weighted by atomic mass is 16.3. The zero-order valence-corrected chi connectivity index (χ0v) is 19.9. The number of aromatic nitrogens is 1. The number of nitrogens with one attached hydrogen (secondary N) is 1. The van der Waals surface area contributed by atoms with Gasteiger partial charge in [-0.3, -0.25) is 9.59 Å². The first-order chi connectivity index (χ1) is 17.5. The lowest BCUT2D eigenvalue weighted by atomic mass is 10.0. The van der Waals surface area contributed by atoms with Gasteiger partial charge in [-0.05, 0) is 41.6 Å². The van der Waals surface area contributed by atoms with Crippen molar-refractivity contribution in [3.63, 3.8) is 0 Å². The molecule has 0 bridgehead atoms. The van der Waals surface area contributed by atoms with E-state index in [0.29, 0.717) is 17.3 Å². The Morgan fingerprint density at radius 2 is 1.56 bits per heavy atom. The Balaban J connectivity index is 1.45. The standard InChI is InChI=1S/C31H26N2O3/c1-33-27-19-8-7-16-24(27)30(35)29(31(33)36)28(34)20-10-17-25(22-12-3-2-4-13-22)32-26-18-9-14-21-11-5-6-15-23(21)26/h2-16,18-20,25,32,35H,17H2,1H3. The van der Waals surface area contributed by atoms with Gasteiger partial charge in [0.15, 0.2) is 5.78 Å². The van der Waals surface area contributed by atoms with Crippen LogP contribution < -0.4 is 10.9 Å². The fraction of sp³-hybridized carbons (Fsp3) is 0.0968. The second-order valence-corrected chi connectivity index (χ2v) is 8.74. The SMILES string of the molecule is Cn1c(=O)c(C(=O)C=CCC(Nc2cccc3ccccc23)c2ccccc2)c(O)c2ccccc21. The lowest BCUT2D eigenvalue weighted by Crippen LogP contribution is -2.24. The van der Waals surface area contributed by atoms with Crippen molar-refractivity contribution in [2.75, 3.05) is 5.32 Å². The van der Waals surface area contributed by atoms with E-state index in [0.717, 1.165) is 22.0 Å². The number of rotatable bonds is 7. The molecule has 1 unspecified atom stereocenters. The third-order valence-electron chi connectivity index (χ3n) is 6.48. The Hall–Kier alpha value is -4.64. The first kappa shape index (κ1) is 23.1. The van der Waals surface area contributed by atoms with E-state index in [1.54, 1.807) is 37.4 Å². The van der Waals surface area contributed by atoms with Gasteiger partial charge < -0.3 is 15.0 Å². The Bertz CT molecular complexity index is 1650. The first-order valence-corrected chi connectivity index (χ1v) is 11.9. The second kappa shape index (κ2) is 9.92. The maximum atomic E-state index is 13.1. The van der Waals surface area contributed by atoms with Crippen LogP contribution in [0.5, 0.6) is 5.75 Å². The van der Waals surface area contributed by atoms with E-state index in [1.165, 1.54) is 10.6 Å². The Morgan fingerprint density at radius 3 is 2.36 bits per heavy atom. The number of ketones is 1. The third kappa shape index (κ3) is 4.39. The summed E-state index contributed by atoms with van der Waals surface area (Å²) < 4.78 is 1.39. The van der Waals surface area contributed by atoms with Crippen LogP contribution in [0.15, 0.2) is 114 Å². The van der Waals surface area contributed by atoms with Gasteiger partial charge in [0, 0.05) is 23.5 Å². The molecule has 5 nitrogen and oxygen atoms in total. The van der Waals surface area contributed by atoms with E-state index >= 15 is 0 Å². The molecule has 5 aromatic rings. The number of aromatic hydroxyl groups is 1. The van der Waals surface area contributed by atoms with Crippen LogP contribution in [0.1, 0.15) is 28.4 Å². The molecule has 0 saturated carbocycles. The monoisotopic (exact) mass is 474 g/mol. The molecule has 5 heteroatoms. The molecule has 4 aromatic carbocycles. The lowest BCUT2D eigenvalue weighted by Gasteiger charge is -2.20. The molecule has 0 amide bonds. The average Bonchev–Trinajstić information content (AvgIpc) is 2.92. The molecule has 0 aliphatic rings. The molecule has 2 N–H and O–H groups in total. The highest BCUT2D eigenvalue weighted by Gasteiger charge is 2.19. The molecular formula is C31H26N2O3. The molecule has 1 heterocycles. The van der Waals surface area contributed by atoms with Gasteiger partial charge >= 0.3 is 0 Å². The van der Waals surface area contributed by atoms with Gasteiger partial charge in [0.25, 0.3) is 5.56 Å². The molecule has 0 fully saturated rings. The van der Waals surface area contributed by atoms with Gasteiger partial charge in [-0.25, -0.2) is 0 Å². The van der Waals surface area contributed by atoms with Crippen molar-refractivity contribution < 1.29 is 9.90 Å². The van der Waals surface area contributed by atoms with E-state index in [-0.39, 0.29) is 17.4 Å². The molecule has 0 aliphatic carbocycles. The zero-order chi connectivity index (χ0) is 25.1. The molecule has 0 radical (unpaired) electrons. The van der Waals surface area contributed by atoms with Crippen LogP contribution in [0.3, 0.4) is 0 Å². The number of hydrogen-bond donors (Lipinski definition) is 2. The molecule has 1 atom stereocenters. The van der Waals surface area contributed by atoms with Crippen LogP contribution in [0.2, 0.25) is 0 Å². The molecular weight excluding hydrogens is 448 g/mol. The van der Waals surface area contributed by atoms with Crippen molar-refractivity contribution in [1.29, 1.82) is 0 Å². The van der Waals surface area contributed by atoms with Crippen molar-refractivity contribution >= 4 is 33.1 Å². The number of fused-ring (bicyclic) bond motifs is 2. The number of pyridine rings is 1. The Morgan fingerprint density at radius 1 is 0.889 bits per heavy atom. The number of carbonyl (C=O) groups is 1. The van der Waals surface area contributed by atoms with Crippen molar-refractivity contribution in [3.05, 3.63) is 131 Å². The fourth-order valence-electron chi connectivity index (χ4n) is 4.60. The summed E-state index contributed by atoms with van der Waals surface area (Å²) in [6, 6.07) is 31.2. The van der Waals surface area contributed by atoms with Gasteiger partial charge in [0.1, 0.15) is 11.3 Å². The van der Waals surface area contributed by atoms with Crippen molar-refractivity contribution in [1.82, 2.24) is 4.57 Å². The van der Waals surface area contributed by atoms with E-state index in [2.05, 4.69) is 23.5 Å². The zero-order valence-electron chi connectivity index (χ0n) is 19.9. The number of allylic oxidation sites excluding steroid dienone is 1. The number of hydrogen-bond acceptors (Lipinski definition) is 4. The van der Waals surface area contributed by atoms with E-state index < -0.39 is 11.3 Å². The minimum atomic E-state index is -0.519. The van der Waals surface area contributed by atoms with Crippen LogP contribution >= 0.6 is 0 Å². The second-order valence-electron chi connectivity index (χ2n) is 8.74. The number of carbonyl (C=O) groups excluding carboxylic acids is 1. The predicted octanol–water partition coefficient (Wildman–Crippen LogP) is 6.38. The van der Waals surface area contributed by atoms with Crippen molar-refractivity contribution in [3.8, 4) is 5.75 Å². The number of benzene rings is 4. The molecule has 36 heavy (non-hydrogen) atoms. The molecule has 0 aliphatic heterocycles. The summed E-state index contributed by atoms with van der Waals surface area (Å²) in [5, 5.41) is 17.1. The summed E-state index contributed by atoms with van der Waals surface area (Å²) in [7, 11) is 1.60. The minimum absolute atomic E-state index is 0.103. The van der Waals surface area contributed by atoms with Gasteiger partial charge in [0.05, 0.1) is 11.6 Å². The van der Waals surface area contributed by atoms with Crippen LogP contribution in [0, 0.1) is 0 Å². The predicted molar refractivity (Wildman–Crippen MR) is 146 cm³/mol. The fourth-order valence-corrected chi connectivity index (χ4v) is 4.60. The van der Waals surface area contributed by atoms with Gasteiger partial charge in [0.2, 0.25) is 0 Å². The smallest absolute Gasteiger partial charge is 0.265 e. The number of aryl methyl sites for hydroxylation is 1. The minimum Gasteiger partial charge on any atom is -0.506 e. The summed E-state index contributed by atoms with van der Waals surface area (Å²) in [5.74, 6) is -0.798. The van der Waals surface area contributed by atoms with E-state index in [1.807, 2.05) is 54.6 Å². The third-order valence-corrected chi connectivity index (χ3v) is 6.48. The maximum Gasteiger partial charge on any atom is 0.265 e. The summed E-state index contributed by atoms with van der Waals surface area (Å²) in [6.45, 7) is 0. The number of para-hydroxylation sites is 1. The average molecular weight is 475 g/mol. The molecule has 1 aromatic heterocycles. The Kier molecular flexibility index (Phi) is 6.37. The molecule has 5 rings (SSSR count). The van der Waals surface area contributed by atoms with Gasteiger partial charge in [-0.15, -0.1) is 0 Å². The first-order valence-electron chi connectivity index (χ1n) is 11.9. The quantitative estimate of drug-likeness (QED) is 0.212. The van der Waals surface area contributed by atoms with Gasteiger partial charge in [-0.1, -0.05) is 84.9 Å². The van der Waals surface area contributed by atoms with Crippen LogP contribution in [-0.4, -0.2) is 15.5 Å². The molecule has 0 spiro atoms. The molecule has 0 saturated heterocycles. The topological polar surface area (TPSA) is 71.3 Å². The number of nitrogens with zero attached hydrogens (tertiary/aromatic N) is 1. The van der Waals surface area contributed by atoms with Crippen molar-refractivity contribution in [2.24, 2.45) is 7.05 Å². The summed E-state index contributed by atoms with van der Waals surface area (Å²) in [6.07, 6.45) is 3.64. The van der Waals surface area contributed by atoms with E-state index in [9.17, 15) is 14.7 Å². The maximum absolute atomic E-state index is 13.1. The van der Waals surface area contributed by atoms with Gasteiger partial charge in [-0.2, -0.15) is 0 Å². The summed E-state index contributed by atoms with van der Waals surface area (Å²) in [4.78, 5) is 25.9. The Labute approximate surface area is 209 Å². The van der Waals surface area contributed by atoms with Crippen LogP contribution in [-0.2, 0) is 7.05 Å². The number of anilines is 1. The highest BCUT2D eigenvalue weighted by Crippen LogP contribution is 2.30. The summed E-state index contributed by atoms with van der Waals surface area (Å²) >= 11 is 0. The van der Waals surface area contributed by atoms with Crippen molar-refractivity contribution in [2.45, 2.75) is 12.5 Å². The van der Waals surface area contributed by atoms with Crippen LogP contribution in [0.4, 0.5) is 5.69 Å². The van der Waals surface area contributed by atoms with E-state index in [4.69, 9.17) is 0 Å². The van der Waals surface area contributed by atoms with Crippen LogP contribution in [0.25, 0.3) is 21.7 Å². The lowest BCUT2D eigenvalue weighted by molar-refractivity contribution is 0.104. The normalized spacial score (nSPS) is 12.2.